The van der Waals surface area contributed by atoms with E-state index in [2.05, 4.69) is 33.5 Å². The normalized spacial score (nSPS) is 10.2. The molecule has 0 aliphatic heterocycles. The first-order valence-electron chi connectivity index (χ1n) is 8.60. The third kappa shape index (κ3) is 6.88. The monoisotopic (exact) mass is 418 g/mol. The zero-order valence-electron chi connectivity index (χ0n) is 14.8. The number of hydrogen-bond donors (Lipinski definition) is 2. The predicted octanol–water partition coefficient (Wildman–Crippen LogP) is 3.67. The summed E-state index contributed by atoms with van der Waals surface area (Å²) in [7, 11) is 0. The highest BCUT2D eigenvalue weighted by Crippen LogP contribution is 2.12. The smallest absolute Gasteiger partial charge is 0.251 e. The van der Waals surface area contributed by atoms with E-state index in [0.717, 1.165) is 22.2 Å². The maximum atomic E-state index is 12.0. The van der Waals surface area contributed by atoms with E-state index in [-0.39, 0.29) is 18.2 Å². The first kappa shape index (κ1) is 20.0. The summed E-state index contributed by atoms with van der Waals surface area (Å²) in [5.74, 6) is 0.540. The Hall–Kier alpha value is -2.34. The fourth-order valence-electron chi connectivity index (χ4n) is 2.21. The number of hydrogen-bond acceptors (Lipinski definition) is 3. The van der Waals surface area contributed by atoms with Gasteiger partial charge in [0.25, 0.3) is 5.91 Å². The number of benzene rings is 2. The highest BCUT2D eigenvalue weighted by molar-refractivity contribution is 9.10. The lowest BCUT2D eigenvalue weighted by atomic mass is 10.2. The molecule has 0 unspecified atom stereocenters. The SMILES string of the molecule is CCCOc1ccc(CNC(=O)CCNC(=O)c2ccc(Br)cc2)cc1. The number of carbonyl (C=O) groups excluding carboxylic acids is 2. The van der Waals surface area contributed by atoms with Crippen molar-refractivity contribution in [1.29, 1.82) is 0 Å². The minimum Gasteiger partial charge on any atom is -0.494 e. The lowest BCUT2D eigenvalue weighted by Crippen LogP contribution is -2.30. The molecule has 2 N–H and O–H groups in total. The van der Waals surface area contributed by atoms with Gasteiger partial charge in [-0.2, -0.15) is 0 Å². The summed E-state index contributed by atoms with van der Waals surface area (Å²) in [4.78, 5) is 23.8. The van der Waals surface area contributed by atoms with Gasteiger partial charge in [-0.15, -0.1) is 0 Å². The average Bonchev–Trinajstić information content (AvgIpc) is 2.66. The van der Waals surface area contributed by atoms with Gasteiger partial charge >= 0.3 is 0 Å². The zero-order valence-corrected chi connectivity index (χ0v) is 16.3. The second-order valence-corrected chi connectivity index (χ2v) is 6.70. The molecule has 2 aromatic rings. The predicted molar refractivity (Wildman–Crippen MR) is 105 cm³/mol. The Labute approximate surface area is 162 Å². The van der Waals surface area contributed by atoms with Crippen molar-refractivity contribution >= 4 is 27.7 Å². The van der Waals surface area contributed by atoms with Crippen LogP contribution in [0.3, 0.4) is 0 Å². The molecule has 0 bridgehead atoms. The van der Waals surface area contributed by atoms with Crippen LogP contribution in [0.4, 0.5) is 0 Å². The van der Waals surface area contributed by atoms with Crippen LogP contribution < -0.4 is 15.4 Å². The lowest BCUT2D eigenvalue weighted by Gasteiger charge is -2.08. The van der Waals surface area contributed by atoms with Crippen LogP contribution in [0.15, 0.2) is 53.0 Å². The van der Waals surface area contributed by atoms with Crippen LogP contribution in [0.1, 0.15) is 35.7 Å². The topological polar surface area (TPSA) is 67.4 Å². The Morgan fingerprint density at radius 1 is 1.00 bits per heavy atom. The van der Waals surface area contributed by atoms with Gasteiger partial charge in [0.2, 0.25) is 5.91 Å². The third-order valence-electron chi connectivity index (χ3n) is 3.63. The fraction of sp³-hybridized carbons (Fsp3) is 0.300. The summed E-state index contributed by atoms with van der Waals surface area (Å²) < 4.78 is 6.44. The molecule has 0 heterocycles. The number of nitrogens with one attached hydrogen (secondary N) is 2. The van der Waals surface area contributed by atoms with Gasteiger partial charge in [-0.05, 0) is 48.4 Å². The van der Waals surface area contributed by atoms with Crippen LogP contribution in [0.2, 0.25) is 0 Å². The van der Waals surface area contributed by atoms with Crippen molar-refractivity contribution in [2.75, 3.05) is 13.2 Å². The van der Waals surface area contributed by atoms with Crippen LogP contribution in [0.5, 0.6) is 5.75 Å². The first-order valence-corrected chi connectivity index (χ1v) is 9.40. The van der Waals surface area contributed by atoms with Crippen molar-refractivity contribution in [3.63, 3.8) is 0 Å². The average molecular weight is 419 g/mol. The minimum absolute atomic E-state index is 0.104. The second-order valence-electron chi connectivity index (χ2n) is 5.78. The number of amides is 2. The van der Waals surface area contributed by atoms with Crippen molar-refractivity contribution < 1.29 is 14.3 Å². The molecule has 2 rings (SSSR count). The van der Waals surface area contributed by atoms with Crippen LogP contribution in [-0.4, -0.2) is 25.0 Å². The molecule has 6 heteroatoms. The molecule has 0 aromatic heterocycles. The molecule has 0 fully saturated rings. The third-order valence-corrected chi connectivity index (χ3v) is 4.16. The standard InChI is InChI=1S/C20H23BrN2O3/c1-2-13-26-18-9-3-15(4-10-18)14-23-19(24)11-12-22-20(25)16-5-7-17(21)8-6-16/h3-10H,2,11-14H2,1H3,(H,22,25)(H,23,24). The Balaban J connectivity index is 1.67. The van der Waals surface area contributed by atoms with Crippen molar-refractivity contribution in [3.05, 3.63) is 64.1 Å². The molecule has 0 saturated heterocycles. The summed E-state index contributed by atoms with van der Waals surface area (Å²) in [6.07, 6.45) is 1.20. The quantitative estimate of drug-likeness (QED) is 0.652. The molecule has 0 aliphatic carbocycles. The number of rotatable bonds is 9. The second kappa shape index (κ2) is 10.6. The van der Waals surface area contributed by atoms with Gasteiger partial charge in [0.05, 0.1) is 6.61 Å². The van der Waals surface area contributed by atoms with E-state index >= 15 is 0 Å². The number of halogens is 1. The van der Waals surface area contributed by atoms with Crippen molar-refractivity contribution in [1.82, 2.24) is 10.6 Å². The molecule has 26 heavy (non-hydrogen) atoms. The van der Waals surface area contributed by atoms with Gasteiger partial charge in [0.1, 0.15) is 5.75 Å². The van der Waals surface area contributed by atoms with E-state index < -0.39 is 0 Å². The highest BCUT2D eigenvalue weighted by atomic mass is 79.9. The first-order chi connectivity index (χ1) is 12.6. The molecular formula is C20H23BrN2O3. The van der Waals surface area contributed by atoms with Crippen molar-refractivity contribution in [2.24, 2.45) is 0 Å². The molecule has 0 atom stereocenters. The largest absolute Gasteiger partial charge is 0.494 e. The maximum Gasteiger partial charge on any atom is 0.251 e. The van der Waals surface area contributed by atoms with E-state index in [4.69, 9.17) is 4.74 Å². The van der Waals surface area contributed by atoms with Gasteiger partial charge < -0.3 is 15.4 Å². The van der Waals surface area contributed by atoms with Gasteiger partial charge in [-0.3, -0.25) is 9.59 Å². The van der Waals surface area contributed by atoms with Gasteiger partial charge in [-0.25, -0.2) is 0 Å². The fourth-order valence-corrected chi connectivity index (χ4v) is 2.47. The molecule has 0 spiro atoms. The maximum absolute atomic E-state index is 12.0. The van der Waals surface area contributed by atoms with Crippen molar-refractivity contribution in [2.45, 2.75) is 26.3 Å². The molecule has 138 valence electrons. The van der Waals surface area contributed by atoms with Gasteiger partial charge in [0, 0.05) is 29.5 Å². The van der Waals surface area contributed by atoms with E-state index in [1.54, 1.807) is 24.3 Å². The number of carbonyl (C=O) groups is 2. The number of ether oxygens (including phenoxy) is 1. The van der Waals surface area contributed by atoms with Gasteiger partial charge in [0.15, 0.2) is 0 Å². The van der Waals surface area contributed by atoms with E-state index in [1.165, 1.54) is 0 Å². The van der Waals surface area contributed by atoms with E-state index in [9.17, 15) is 9.59 Å². The summed E-state index contributed by atoms with van der Waals surface area (Å²) in [6.45, 7) is 3.51. The lowest BCUT2D eigenvalue weighted by molar-refractivity contribution is -0.121. The molecule has 0 radical (unpaired) electrons. The Kier molecular flexibility index (Phi) is 8.15. The van der Waals surface area contributed by atoms with Crippen LogP contribution in [0, 0.1) is 0 Å². The minimum atomic E-state index is -0.187. The molecular weight excluding hydrogens is 396 g/mol. The summed E-state index contributed by atoms with van der Waals surface area (Å²) in [5.41, 5.74) is 1.57. The van der Waals surface area contributed by atoms with E-state index in [1.807, 2.05) is 24.3 Å². The molecule has 0 saturated carbocycles. The Morgan fingerprint density at radius 3 is 2.35 bits per heavy atom. The molecule has 2 aromatic carbocycles. The summed E-state index contributed by atoms with van der Waals surface area (Å²) in [6, 6.07) is 14.7. The summed E-state index contributed by atoms with van der Waals surface area (Å²) in [5, 5.41) is 5.59. The zero-order chi connectivity index (χ0) is 18.8. The molecule has 5 nitrogen and oxygen atoms in total. The van der Waals surface area contributed by atoms with Crippen molar-refractivity contribution in [3.8, 4) is 5.75 Å². The van der Waals surface area contributed by atoms with Crippen LogP contribution >= 0.6 is 15.9 Å². The van der Waals surface area contributed by atoms with E-state index in [0.29, 0.717) is 25.3 Å². The Morgan fingerprint density at radius 2 is 1.69 bits per heavy atom. The Bertz CT molecular complexity index is 715. The molecule has 2 amide bonds. The van der Waals surface area contributed by atoms with Crippen LogP contribution in [0.25, 0.3) is 0 Å². The highest BCUT2D eigenvalue weighted by Gasteiger charge is 2.06. The molecule has 0 aliphatic rings. The summed E-state index contributed by atoms with van der Waals surface area (Å²) >= 11 is 3.33. The van der Waals surface area contributed by atoms with Gasteiger partial charge in [-0.1, -0.05) is 35.0 Å². The van der Waals surface area contributed by atoms with Crippen LogP contribution in [-0.2, 0) is 11.3 Å².